The zero-order valence-corrected chi connectivity index (χ0v) is 16.8. The molecule has 9 heteroatoms. The number of aromatic nitrogens is 4. The minimum atomic E-state index is 0.0145. The molecule has 1 amide bonds. The second kappa shape index (κ2) is 9.18. The van der Waals surface area contributed by atoms with Crippen LogP contribution in [-0.2, 0) is 4.79 Å². The SMILES string of the molecule is CCN1CCC(NC(=O)CSc2nnnn2-c2cc(C)ccc2OC)CC1. The van der Waals surface area contributed by atoms with Crippen molar-refractivity contribution in [3.8, 4) is 11.4 Å². The Bertz CT molecular complexity index is 773. The topological polar surface area (TPSA) is 85.2 Å². The van der Waals surface area contributed by atoms with Crippen LogP contribution in [-0.4, -0.2) is 69.6 Å². The summed E-state index contributed by atoms with van der Waals surface area (Å²) < 4.78 is 7.03. The van der Waals surface area contributed by atoms with E-state index in [1.54, 1.807) is 11.8 Å². The molecule has 3 rings (SSSR count). The van der Waals surface area contributed by atoms with E-state index in [1.165, 1.54) is 11.8 Å². The molecule has 1 aromatic heterocycles. The molecule has 1 fully saturated rings. The molecule has 0 unspecified atom stereocenters. The molecular formula is C18H26N6O2S. The van der Waals surface area contributed by atoms with E-state index in [1.807, 2.05) is 25.1 Å². The fraction of sp³-hybridized carbons (Fsp3) is 0.556. The maximum atomic E-state index is 12.3. The maximum absolute atomic E-state index is 12.3. The van der Waals surface area contributed by atoms with Crippen LogP contribution in [0, 0.1) is 6.92 Å². The normalized spacial score (nSPS) is 15.7. The van der Waals surface area contributed by atoms with Crippen LogP contribution in [0.3, 0.4) is 0 Å². The summed E-state index contributed by atoms with van der Waals surface area (Å²) in [7, 11) is 1.61. The third-order valence-corrected chi connectivity index (χ3v) is 5.66. The molecule has 0 spiro atoms. The molecule has 0 atom stereocenters. The Balaban J connectivity index is 1.59. The van der Waals surface area contributed by atoms with Crippen molar-refractivity contribution in [1.82, 2.24) is 30.4 Å². The molecule has 1 aliphatic heterocycles. The Morgan fingerprint density at radius 1 is 1.37 bits per heavy atom. The monoisotopic (exact) mass is 390 g/mol. The number of methoxy groups -OCH3 is 1. The number of likely N-dealkylation sites (tertiary alicyclic amines) is 1. The van der Waals surface area contributed by atoms with E-state index in [0.717, 1.165) is 43.7 Å². The number of carbonyl (C=O) groups is 1. The Hall–Kier alpha value is -2.13. The van der Waals surface area contributed by atoms with E-state index >= 15 is 0 Å². The van der Waals surface area contributed by atoms with Gasteiger partial charge in [-0.1, -0.05) is 24.8 Å². The minimum Gasteiger partial charge on any atom is -0.494 e. The van der Waals surface area contributed by atoms with Gasteiger partial charge < -0.3 is 15.0 Å². The molecular weight excluding hydrogens is 364 g/mol. The number of benzene rings is 1. The Morgan fingerprint density at radius 3 is 2.85 bits per heavy atom. The number of nitrogens with one attached hydrogen (secondary N) is 1. The van der Waals surface area contributed by atoms with Gasteiger partial charge in [0.2, 0.25) is 11.1 Å². The van der Waals surface area contributed by atoms with Gasteiger partial charge in [-0.05, 0) is 54.4 Å². The molecule has 2 heterocycles. The van der Waals surface area contributed by atoms with Crippen LogP contribution >= 0.6 is 11.8 Å². The highest BCUT2D eigenvalue weighted by atomic mass is 32.2. The number of nitrogens with zero attached hydrogens (tertiary/aromatic N) is 5. The average molecular weight is 391 g/mol. The molecule has 0 saturated carbocycles. The van der Waals surface area contributed by atoms with E-state index in [0.29, 0.717) is 10.9 Å². The highest BCUT2D eigenvalue weighted by Gasteiger charge is 2.20. The summed E-state index contributed by atoms with van der Waals surface area (Å²) in [5, 5.41) is 15.6. The number of aryl methyl sites for hydroxylation is 1. The number of carbonyl (C=O) groups excluding carboxylic acids is 1. The highest BCUT2D eigenvalue weighted by Crippen LogP contribution is 2.26. The fourth-order valence-electron chi connectivity index (χ4n) is 3.18. The summed E-state index contributed by atoms with van der Waals surface area (Å²) in [6.07, 6.45) is 2.00. The van der Waals surface area contributed by atoms with Crippen molar-refractivity contribution in [2.24, 2.45) is 0 Å². The molecule has 2 aromatic rings. The Labute approximate surface area is 163 Å². The van der Waals surface area contributed by atoms with E-state index < -0.39 is 0 Å². The molecule has 1 saturated heterocycles. The van der Waals surface area contributed by atoms with Crippen molar-refractivity contribution in [2.75, 3.05) is 32.5 Å². The molecule has 1 aliphatic rings. The van der Waals surface area contributed by atoms with E-state index in [2.05, 4.69) is 32.7 Å². The first-order chi connectivity index (χ1) is 13.1. The van der Waals surface area contributed by atoms with Gasteiger partial charge in [0.05, 0.1) is 12.9 Å². The molecule has 1 N–H and O–H groups in total. The van der Waals surface area contributed by atoms with Gasteiger partial charge >= 0.3 is 0 Å². The number of ether oxygens (including phenoxy) is 1. The van der Waals surface area contributed by atoms with Crippen LogP contribution in [0.2, 0.25) is 0 Å². The number of thioether (sulfide) groups is 1. The second-order valence-electron chi connectivity index (χ2n) is 6.61. The second-order valence-corrected chi connectivity index (χ2v) is 7.56. The van der Waals surface area contributed by atoms with Gasteiger partial charge in [-0.3, -0.25) is 4.79 Å². The van der Waals surface area contributed by atoms with Crippen LogP contribution in [0.15, 0.2) is 23.4 Å². The zero-order valence-electron chi connectivity index (χ0n) is 16.0. The molecule has 0 radical (unpaired) electrons. The van der Waals surface area contributed by atoms with E-state index in [9.17, 15) is 4.79 Å². The van der Waals surface area contributed by atoms with Crippen LogP contribution in [0.25, 0.3) is 5.69 Å². The maximum Gasteiger partial charge on any atom is 0.230 e. The number of hydrogen-bond acceptors (Lipinski definition) is 7. The van der Waals surface area contributed by atoms with Crippen LogP contribution in [0.1, 0.15) is 25.3 Å². The van der Waals surface area contributed by atoms with Crippen LogP contribution < -0.4 is 10.1 Å². The number of hydrogen-bond donors (Lipinski definition) is 1. The lowest BCUT2D eigenvalue weighted by molar-refractivity contribution is -0.119. The smallest absolute Gasteiger partial charge is 0.230 e. The average Bonchev–Trinajstić information content (AvgIpc) is 3.15. The Kier molecular flexibility index (Phi) is 6.68. The first kappa shape index (κ1) is 19.6. The van der Waals surface area contributed by atoms with E-state index in [4.69, 9.17) is 4.74 Å². The lowest BCUT2D eigenvalue weighted by Crippen LogP contribution is -2.45. The number of piperidine rings is 1. The molecule has 0 bridgehead atoms. The summed E-state index contributed by atoms with van der Waals surface area (Å²) in [5.41, 5.74) is 1.84. The largest absolute Gasteiger partial charge is 0.494 e. The van der Waals surface area contributed by atoms with Crippen molar-refractivity contribution in [2.45, 2.75) is 37.9 Å². The predicted molar refractivity (Wildman–Crippen MR) is 104 cm³/mol. The summed E-state index contributed by atoms with van der Waals surface area (Å²) in [5.74, 6) is 0.977. The minimum absolute atomic E-state index is 0.0145. The summed E-state index contributed by atoms with van der Waals surface area (Å²) in [6, 6.07) is 6.07. The fourth-order valence-corrected chi connectivity index (χ4v) is 3.87. The first-order valence-corrected chi connectivity index (χ1v) is 10.2. The molecule has 27 heavy (non-hydrogen) atoms. The van der Waals surface area contributed by atoms with Crippen molar-refractivity contribution < 1.29 is 9.53 Å². The van der Waals surface area contributed by atoms with Crippen molar-refractivity contribution >= 4 is 17.7 Å². The third-order valence-electron chi connectivity index (χ3n) is 4.74. The summed E-state index contributed by atoms with van der Waals surface area (Å²) in [4.78, 5) is 14.7. The van der Waals surface area contributed by atoms with Gasteiger partial charge in [0.25, 0.3) is 0 Å². The number of rotatable bonds is 7. The van der Waals surface area contributed by atoms with Gasteiger partial charge in [0, 0.05) is 19.1 Å². The summed E-state index contributed by atoms with van der Waals surface area (Å²) >= 11 is 1.32. The lowest BCUT2D eigenvalue weighted by Gasteiger charge is -2.31. The van der Waals surface area contributed by atoms with Gasteiger partial charge in [-0.2, -0.15) is 4.68 Å². The molecule has 0 aliphatic carbocycles. The highest BCUT2D eigenvalue weighted by molar-refractivity contribution is 7.99. The van der Waals surface area contributed by atoms with Crippen LogP contribution in [0.5, 0.6) is 5.75 Å². The van der Waals surface area contributed by atoms with Gasteiger partial charge in [0.15, 0.2) is 0 Å². The summed E-state index contributed by atoms with van der Waals surface area (Å²) in [6.45, 7) is 7.32. The molecule has 8 nitrogen and oxygen atoms in total. The Morgan fingerprint density at radius 2 is 2.15 bits per heavy atom. The van der Waals surface area contributed by atoms with Crippen molar-refractivity contribution in [3.05, 3.63) is 23.8 Å². The number of tetrazole rings is 1. The number of amides is 1. The van der Waals surface area contributed by atoms with Gasteiger partial charge in [0.1, 0.15) is 11.4 Å². The van der Waals surface area contributed by atoms with Crippen molar-refractivity contribution in [1.29, 1.82) is 0 Å². The predicted octanol–water partition coefficient (Wildman–Crippen LogP) is 1.67. The van der Waals surface area contributed by atoms with E-state index in [-0.39, 0.29) is 17.7 Å². The quantitative estimate of drug-likeness (QED) is 0.720. The van der Waals surface area contributed by atoms with Gasteiger partial charge in [-0.25, -0.2) is 0 Å². The molecule has 1 aromatic carbocycles. The van der Waals surface area contributed by atoms with Gasteiger partial charge in [-0.15, -0.1) is 5.10 Å². The standard InChI is InChI=1S/C18H26N6O2S/c1-4-23-9-7-14(8-10-23)19-17(25)12-27-18-20-21-22-24(18)15-11-13(2)5-6-16(15)26-3/h5-6,11,14H,4,7-10,12H2,1-3H3,(H,19,25). The third kappa shape index (κ3) is 4.98. The molecule has 146 valence electrons. The first-order valence-electron chi connectivity index (χ1n) is 9.18. The van der Waals surface area contributed by atoms with Crippen molar-refractivity contribution in [3.63, 3.8) is 0 Å². The zero-order chi connectivity index (χ0) is 19.2. The van der Waals surface area contributed by atoms with Crippen LogP contribution in [0.4, 0.5) is 0 Å². The lowest BCUT2D eigenvalue weighted by atomic mass is 10.1.